The van der Waals surface area contributed by atoms with Crippen molar-refractivity contribution in [1.29, 1.82) is 0 Å². The van der Waals surface area contributed by atoms with Gasteiger partial charge in [0.2, 0.25) is 9.84 Å². The SMILES string of the molecule is COc1ccc(S(=O)(=O)c2ccc(CCC(=O)c3cnc4[nH]ncc4c3)cc2)c(C)c1. The van der Waals surface area contributed by atoms with Gasteiger partial charge >= 0.3 is 0 Å². The van der Waals surface area contributed by atoms with E-state index in [0.717, 1.165) is 10.9 Å². The molecule has 1 N–H and O–H groups in total. The number of ether oxygens (including phenoxy) is 1. The van der Waals surface area contributed by atoms with Crippen LogP contribution < -0.4 is 4.74 Å². The van der Waals surface area contributed by atoms with E-state index in [2.05, 4.69) is 15.2 Å². The van der Waals surface area contributed by atoms with Gasteiger partial charge in [-0.3, -0.25) is 9.89 Å². The number of benzene rings is 2. The number of sulfone groups is 1. The molecule has 4 aromatic rings. The van der Waals surface area contributed by atoms with Crippen molar-refractivity contribution in [3.05, 3.63) is 77.6 Å². The number of nitrogens with one attached hydrogen (secondary N) is 1. The van der Waals surface area contributed by atoms with E-state index < -0.39 is 9.84 Å². The van der Waals surface area contributed by atoms with Crippen LogP contribution in [-0.2, 0) is 16.3 Å². The lowest BCUT2D eigenvalue weighted by Crippen LogP contribution is -2.05. The first-order valence-electron chi connectivity index (χ1n) is 9.69. The number of aromatic amines is 1. The van der Waals surface area contributed by atoms with E-state index in [-0.39, 0.29) is 15.6 Å². The topological polar surface area (TPSA) is 102 Å². The summed E-state index contributed by atoms with van der Waals surface area (Å²) in [5.74, 6) is 0.583. The third-order valence-electron chi connectivity index (χ3n) is 5.16. The third kappa shape index (κ3) is 4.20. The van der Waals surface area contributed by atoms with Crippen LogP contribution in [0.2, 0.25) is 0 Å². The molecular formula is C23H21N3O4S. The number of nitrogens with zero attached hydrogens (tertiary/aromatic N) is 2. The lowest BCUT2D eigenvalue weighted by Gasteiger charge is -2.10. The number of carbonyl (C=O) groups is 1. The summed E-state index contributed by atoms with van der Waals surface area (Å²) in [5.41, 5.74) is 2.68. The number of aromatic nitrogens is 3. The number of rotatable bonds is 7. The van der Waals surface area contributed by atoms with Gasteiger partial charge in [0.1, 0.15) is 5.75 Å². The van der Waals surface area contributed by atoms with Crippen molar-refractivity contribution in [2.45, 2.75) is 29.6 Å². The average molecular weight is 436 g/mol. The first-order chi connectivity index (χ1) is 14.9. The molecular weight excluding hydrogens is 414 g/mol. The summed E-state index contributed by atoms with van der Waals surface area (Å²) >= 11 is 0. The maximum Gasteiger partial charge on any atom is 0.206 e. The van der Waals surface area contributed by atoms with Gasteiger partial charge in [0, 0.05) is 23.6 Å². The fourth-order valence-corrected chi connectivity index (χ4v) is 4.88. The van der Waals surface area contributed by atoms with E-state index in [1.165, 1.54) is 6.20 Å². The van der Waals surface area contributed by atoms with Crippen molar-refractivity contribution in [2.75, 3.05) is 7.11 Å². The largest absolute Gasteiger partial charge is 0.497 e. The van der Waals surface area contributed by atoms with Crippen LogP contribution in [0.1, 0.15) is 27.9 Å². The number of fused-ring (bicyclic) bond motifs is 1. The first-order valence-corrected chi connectivity index (χ1v) is 11.2. The van der Waals surface area contributed by atoms with Crippen LogP contribution in [0.25, 0.3) is 11.0 Å². The Kier molecular flexibility index (Phi) is 5.56. The molecule has 2 aromatic heterocycles. The third-order valence-corrected chi connectivity index (χ3v) is 7.09. The molecule has 0 unspecified atom stereocenters. The summed E-state index contributed by atoms with van der Waals surface area (Å²) in [4.78, 5) is 17.2. The van der Waals surface area contributed by atoms with Crippen LogP contribution >= 0.6 is 0 Å². The number of hydrogen-bond acceptors (Lipinski definition) is 6. The summed E-state index contributed by atoms with van der Waals surface area (Å²) < 4.78 is 31.1. The molecule has 2 aromatic carbocycles. The van der Waals surface area contributed by atoms with Crippen molar-refractivity contribution in [3.8, 4) is 5.75 Å². The summed E-state index contributed by atoms with van der Waals surface area (Å²) in [6, 6.07) is 13.3. The number of Topliss-reactive ketones (excluding diaryl/α,β-unsaturated/α-hetero) is 1. The smallest absolute Gasteiger partial charge is 0.206 e. The van der Waals surface area contributed by atoms with E-state index in [1.54, 1.807) is 68.8 Å². The highest BCUT2D eigenvalue weighted by atomic mass is 32.2. The monoisotopic (exact) mass is 435 g/mol. The first kappa shape index (κ1) is 20.7. The summed E-state index contributed by atoms with van der Waals surface area (Å²) in [5, 5.41) is 7.45. The molecule has 0 saturated carbocycles. The Labute approximate surface area is 180 Å². The van der Waals surface area contributed by atoms with Gasteiger partial charge < -0.3 is 4.74 Å². The molecule has 31 heavy (non-hydrogen) atoms. The average Bonchev–Trinajstić information content (AvgIpc) is 3.25. The second kappa shape index (κ2) is 8.31. The van der Waals surface area contributed by atoms with Crippen LogP contribution in [0.5, 0.6) is 5.75 Å². The Bertz CT molecular complexity index is 1360. The molecule has 0 saturated heterocycles. The molecule has 7 nitrogen and oxygen atoms in total. The Morgan fingerprint density at radius 2 is 1.84 bits per heavy atom. The normalized spacial score (nSPS) is 11.5. The van der Waals surface area contributed by atoms with E-state index in [0.29, 0.717) is 35.4 Å². The highest BCUT2D eigenvalue weighted by molar-refractivity contribution is 7.91. The molecule has 0 bridgehead atoms. The minimum absolute atomic E-state index is 0.0267. The summed E-state index contributed by atoms with van der Waals surface area (Å²) in [6.07, 6.45) is 3.97. The number of aryl methyl sites for hydroxylation is 2. The number of carbonyl (C=O) groups excluding carboxylic acids is 1. The predicted molar refractivity (Wildman–Crippen MR) is 116 cm³/mol. The maximum absolute atomic E-state index is 13.0. The molecule has 0 radical (unpaired) electrons. The fraction of sp³-hybridized carbons (Fsp3) is 0.174. The van der Waals surface area contributed by atoms with Crippen LogP contribution in [0.15, 0.2) is 70.7 Å². The van der Waals surface area contributed by atoms with Gasteiger partial charge in [-0.25, -0.2) is 13.4 Å². The lowest BCUT2D eigenvalue weighted by atomic mass is 10.0. The van der Waals surface area contributed by atoms with Gasteiger partial charge in [-0.15, -0.1) is 0 Å². The second-order valence-electron chi connectivity index (χ2n) is 7.23. The Balaban J connectivity index is 1.47. The maximum atomic E-state index is 13.0. The minimum Gasteiger partial charge on any atom is -0.497 e. The number of hydrogen-bond donors (Lipinski definition) is 1. The van der Waals surface area contributed by atoms with E-state index >= 15 is 0 Å². The standard InChI is InChI=1S/C23H21N3O4S/c1-15-11-19(30-2)6-10-22(15)31(28,29)20-7-3-16(4-8-20)5-9-21(27)17-12-18-14-25-26-23(18)24-13-17/h3-4,6-8,10-14H,5,9H2,1-2H3,(H,24,25,26). The van der Waals surface area contributed by atoms with Gasteiger partial charge in [0.15, 0.2) is 11.4 Å². The second-order valence-corrected chi connectivity index (χ2v) is 9.15. The molecule has 0 fully saturated rings. The van der Waals surface area contributed by atoms with Gasteiger partial charge in [0.05, 0.1) is 23.1 Å². The van der Waals surface area contributed by atoms with Crippen molar-refractivity contribution < 1.29 is 17.9 Å². The van der Waals surface area contributed by atoms with Crippen LogP contribution in [-0.4, -0.2) is 36.5 Å². The molecule has 2 heterocycles. The zero-order valence-electron chi connectivity index (χ0n) is 17.1. The molecule has 0 aliphatic heterocycles. The molecule has 8 heteroatoms. The van der Waals surface area contributed by atoms with Crippen molar-refractivity contribution >= 4 is 26.7 Å². The van der Waals surface area contributed by atoms with Crippen LogP contribution in [0, 0.1) is 6.92 Å². The van der Waals surface area contributed by atoms with Crippen LogP contribution in [0.3, 0.4) is 0 Å². The molecule has 4 rings (SSSR count). The van der Waals surface area contributed by atoms with Crippen molar-refractivity contribution in [2.24, 2.45) is 0 Å². The predicted octanol–water partition coefficient (Wildman–Crippen LogP) is 3.92. The van der Waals surface area contributed by atoms with E-state index in [4.69, 9.17) is 4.74 Å². The lowest BCUT2D eigenvalue weighted by molar-refractivity contribution is 0.0982. The van der Waals surface area contributed by atoms with E-state index in [1.807, 2.05) is 0 Å². The zero-order valence-corrected chi connectivity index (χ0v) is 17.9. The van der Waals surface area contributed by atoms with Crippen molar-refractivity contribution in [1.82, 2.24) is 15.2 Å². The van der Waals surface area contributed by atoms with Crippen molar-refractivity contribution in [3.63, 3.8) is 0 Å². The quantitative estimate of drug-likeness (QED) is 0.442. The van der Waals surface area contributed by atoms with Gasteiger partial charge in [0.25, 0.3) is 0 Å². The van der Waals surface area contributed by atoms with E-state index in [9.17, 15) is 13.2 Å². The van der Waals surface area contributed by atoms with Gasteiger partial charge in [-0.1, -0.05) is 12.1 Å². The number of pyridine rings is 1. The molecule has 0 atom stereocenters. The highest BCUT2D eigenvalue weighted by Gasteiger charge is 2.20. The molecule has 0 spiro atoms. The number of H-pyrrole nitrogens is 1. The Hall–Kier alpha value is -3.52. The zero-order chi connectivity index (χ0) is 22.0. The van der Waals surface area contributed by atoms with Gasteiger partial charge in [-0.2, -0.15) is 5.10 Å². The Morgan fingerprint density at radius 3 is 2.55 bits per heavy atom. The summed E-state index contributed by atoms with van der Waals surface area (Å²) in [6.45, 7) is 1.74. The molecule has 158 valence electrons. The summed E-state index contributed by atoms with van der Waals surface area (Å²) in [7, 11) is -2.10. The number of ketones is 1. The highest BCUT2D eigenvalue weighted by Crippen LogP contribution is 2.27. The Morgan fingerprint density at radius 1 is 1.06 bits per heavy atom. The molecule has 0 aliphatic rings. The van der Waals surface area contributed by atoms with Gasteiger partial charge in [-0.05, 0) is 60.9 Å². The molecule has 0 amide bonds. The van der Waals surface area contributed by atoms with Crippen LogP contribution in [0.4, 0.5) is 0 Å². The minimum atomic E-state index is -3.64. The number of methoxy groups -OCH3 is 1. The molecule has 0 aliphatic carbocycles. The fourth-order valence-electron chi connectivity index (χ4n) is 3.40.